The van der Waals surface area contributed by atoms with Crippen molar-refractivity contribution in [1.29, 1.82) is 0 Å². The Balaban J connectivity index is 0. The Labute approximate surface area is 93.0 Å². The Kier molecular flexibility index (Phi) is 8.64. The van der Waals surface area contributed by atoms with Crippen molar-refractivity contribution < 1.29 is 44.9 Å². The molecule has 0 aliphatic heterocycles. The molecule has 1 aromatic rings. The maximum absolute atomic E-state index is 10.2. The van der Waals surface area contributed by atoms with Crippen LogP contribution in [0.1, 0.15) is 5.56 Å². The molecule has 0 spiro atoms. The van der Waals surface area contributed by atoms with Gasteiger partial charge in [-0.3, -0.25) is 4.79 Å². The first-order valence-corrected chi connectivity index (χ1v) is 3.05. The van der Waals surface area contributed by atoms with E-state index in [0.29, 0.717) is 0 Å². The minimum atomic E-state index is -0.786. The summed E-state index contributed by atoms with van der Waals surface area (Å²) in [5.74, 6) is -0.786. The van der Waals surface area contributed by atoms with Crippen molar-refractivity contribution in [3.63, 3.8) is 0 Å². The number of carboxylic acid groups (broad SMARTS) is 1. The molecular weight excluding hydrogens is 167 g/mol. The number of benzene rings is 1. The second-order valence-corrected chi connectivity index (χ2v) is 2.06. The largest absolute Gasteiger partial charge is 1.00 e. The molecule has 0 heterocycles. The minimum Gasteiger partial charge on any atom is -0.870 e. The molecule has 0 atom stereocenters. The van der Waals surface area contributed by atoms with Gasteiger partial charge in [-0.15, -0.1) is 0 Å². The van der Waals surface area contributed by atoms with Crippen molar-refractivity contribution >= 4 is 5.97 Å². The first-order valence-electron chi connectivity index (χ1n) is 3.05. The average Bonchev–Trinajstić information content (AvgIpc) is 1.88. The average molecular weight is 176 g/mol. The normalized spacial score (nSPS) is 7.67. The maximum Gasteiger partial charge on any atom is 1.00 e. The fourth-order valence-electron chi connectivity index (χ4n) is 0.770. The van der Waals surface area contributed by atoms with Gasteiger partial charge in [-0.2, -0.15) is 0 Å². The zero-order valence-corrected chi connectivity index (χ0v) is 8.90. The van der Waals surface area contributed by atoms with E-state index in [1.165, 1.54) is 0 Å². The summed E-state index contributed by atoms with van der Waals surface area (Å²) in [6, 6.07) is 9.13. The van der Waals surface area contributed by atoms with Gasteiger partial charge in [-0.25, -0.2) is 0 Å². The molecule has 0 fully saturated rings. The summed E-state index contributed by atoms with van der Waals surface area (Å²) in [4.78, 5) is 10.2. The van der Waals surface area contributed by atoms with Gasteiger partial charge in [-0.05, 0) is 5.56 Å². The van der Waals surface area contributed by atoms with Crippen molar-refractivity contribution in [2.75, 3.05) is 0 Å². The smallest absolute Gasteiger partial charge is 0.870 e. The van der Waals surface area contributed by atoms with Gasteiger partial charge in [0.05, 0.1) is 6.42 Å². The molecule has 0 bridgehead atoms. The maximum atomic E-state index is 10.2. The Morgan fingerprint density at radius 1 is 1.25 bits per heavy atom. The van der Waals surface area contributed by atoms with Crippen LogP contribution in [0.5, 0.6) is 0 Å². The van der Waals surface area contributed by atoms with Crippen LogP contribution in [0.4, 0.5) is 0 Å². The molecule has 0 amide bonds. The second kappa shape index (κ2) is 7.31. The van der Waals surface area contributed by atoms with Gasteiger partial charge in [0.25, 0.3) is 0 Å². The summed E-state index contributed by atoms with van der Waals surface area (Å²) in [5.41, 5.74) is 0.843. The molecule has 0 aliphatic rings. The fraction of sp³-hybridized carbons (Fsp3) is 0.125. The molecule has 1 rings (SSSR count). The third kappa shape index (κ3) is 5.32. The summed E-state index contributed by atoms with van der Waals surface area (Å²) in [6.45, 7) is 0. The molecule has 0 saturated heterocycles. The molecule has 0 aliphatic carbocycles. The van der Waals surface area contributed by atoms with Gasteiger partial charge >= 0.3 is 35.5 Å². The first-order chi connectivity index (χ1) is 4.79. The predicted molar refractivity (Wildman–Crippen MR) is 39.7 cm³/mol. The van der Waals surface area contributed by atoms with Crippen molar-refractivity contribution in [3.05, 3.63) is 35.9 Å². The van der Waals surface area contributed by atoms with Gasteiger partial charge < -0.3 is 10.6 Å². The molecule has 1 aromatic carbocycles. The van der Waals surface area contributed by atoms with Crippen molar-refractivity contribution in [2.24, 2.45) is 0 Å². The van der Waals surface area contributed by atoms with Crippen LogP contribution in [-0.2, 0) is 11.2 Å². The van der Waals surface area contributed by atoms with E-state index in [1.807, 2.05) is 18.2 Å². The van der Waals surface area contributed by atoms with Crippen LogP contribution < -0.4 is 29.6 Å². The van der Waals surface area contributed by atoms with Crippen LogP contribution in [0.3, 0.4) is 0 Å². The molecule has 0 unspecified atom stereocenters. The standard InChI is InChI=1S/C8H8O2.Na.H2O/c9-8(10)6-7-4-2-1-3-5-7;;/h1-5H,6H2,(H,9,10);;1H2/q;+1;/p-1. The van der Waals surface area contributed by atoms with Gasteiger partial charge in [0.1, 0.15) is 0 Å². The molecule has 0 saturated carbocycles. The van der Waals surface area contributed by atoms with E-state index < -0.39 is 5.97 Å². The van der Waals surface area contributed by atoms with E-state index in [0.717, 1.165) is 5.56 Å². The van der Waals surface area contributed by atoms with Crippen LogP contribution in [0.25, 0.3) is 0 Å². The van der Waals surface area contributed by atoms with E-state index >= 15 is 0 Å². The summed E-state index contributed by atoms with van der Waals surface area (Å²) in [7, 11) is 0. The third-order valence-corrected chi connectivity index (χ3v) is 1.20. The molecule has 60 valence electrons. The monoisotopic (exact) mass is 176 g/mol. The zero-order chi connectivity index (χ0) is 7.40. The van der Waals surface area contributed by atoms with E-state index in [1.54, 1.807) is 12.1 Å². The second-order valence-electron chi connectivity index (χ2n) is 2.06. The van der Waals surface area contributed by atoms with Crippen LogP contribution in [-0.4, -0.2) is 16.6 Å². The van der Waals surface area contributed by atoms with Crippen molar-refractivity contribution in [1.82, 2.24) is 0 Å². The first kappa shape index (κ1) is 14.2. The van der Waals surface area contributed by atoms with Crippen LogP contribution >= 0.6 is 0 Å². The number of carboxylic acids is 1. The van der Waals surface area contributed by atoms with E-state index in [9.17, 15) is 4.79 Å². The Hall–Kier alpha value is -0.350. The summed E-state index contributed by atoms with van der Waals surface area (Å²) < 4.78 is 0. The Bertz CT molecular complexity index is 223. The fourth-order valence-corrected chi connectivity index (χ4v) is 0.770. The minimum absolute atomic E-state index is 0. The predicted octanol–water partition coefficient (Wildman–Crippen LogP) is -1.86. The van der Waals surface area contributed by atoms with E-state index in [4.69, 9.17) is 5.11 Å². The summed E-state index contributed by atoms with van der Waals surface area (Å²) in [6.07, 6.45) is 0.112. The number of rotatable bonds is 2. The van der Waals surface area contributed by atoms with E-state index in [2.05, 4.69) is 0 Å². The molecular formula is C8H9NaO3. The topological polar surface area (TPSA) is 67.3 Å². The number of carbonyl (C=O) groups is 1. The van der Waals surface area contributed by atoms with Crippen LogP contribution in [0.2, 0.25) is 0 Å². The molecule has 4 heteroatoms. The van der Waals surface area contributed by atoms with E-state index in [-0.39, 0.29) is 41.5 Å². The van der Waals surface area contributed by atoms with Crippen LogP contribution in [0.15, 0.2) is 30.3 Å². The van der Waals surface area contributed by atoms with Gasteiger partial charge in [0.15, 0.2) is 0 Å². The Morgan fingerprint density at radius 3 is 2.17 bits per heavy atom. The van der Waals surface area contributed by atoms with Gasteiger partial charge in [-0.1, -0.05) is 30.3 Å². The molecule has 3 nitrogen and oxygen atoms in total. The number of hydrogen-bond donors (Lipinski definition) is 1. The quantitative estimate of drug-likeness (QED) is 0.537. The van der Waals surface area contributed by atoms with Gasteiger partial charge in [0, 0.05) is 0 Å². The Morgan fingerprint density at radius 2 is 1.75 bits per heavy atom. The summed E-state index contributed by atoms with van der Waals surface area (Å²) >= 11 is 0. The molecule has 12 heavy (non-hydrogen) atoms. The van der Waals surface area contributed by atoms with Gasteiger partial charge in [0.2, 0.25) is 0 Å². The molecule has 0 radical (unpaired) electrons. The van der Waals surface area contributed by atoms with Crippen molar-refractivity contribution in [2.45, 2.75) is 6.42 Å². The number of aliphatic carboxylic acids is 1. The van der Waals surface area contributed by atoms with Crippen LogP contribution in [0, 0.1) is 0 Å². The number of hydrogen-bond acceptors (Lipinski definition) is 2. The van der Waals surface area contributed by atoms with Crippen molar-refractivity contribution in [3.8, 4) is 0 Å². The molecule has 2 N–H and O–H groups in total. The molecule has 0 aromatic heterocycles. The third-order valence-electron chi connectivity index (χ3n) is 1.20. The summed E-state index contributed by atoms with van der Waals surface area (Å²) in [5, 5.41) is 8.37. The SMILES string of the molecule is O=C(O)Cc1ccccc1.[Na+].[OH-]. The zero-order valence-electron chi connectivity index (χ0n) is 6.90.